The molecule has 1 atom stereocenters. The summed E-state index contributed by atoms with van der Waals surface area (Å²) in [5.74, 6) is 1.55. The SMILES string of the molecule is COc1ccc(CN2CCCC(CN)C2)cc1Br. The number of hydrogen-bond donors (Lipinski definition) is 1. The van der Waals surface area contributed by atoms with Crippen LogP contribution in [0.5, 0.6) is 5.75 Å². The van der Waals surface area contributed by atoms with Crippen molar-refractivity contribution in [3.63, 3.8) is 0 Å². The summed E-state index contributed by atoms with van der Waals surface area (Å²) in [6.45, 7) is 4.11. The first-order chi connectivity index (χ1) is 8.72. The lowest BCUT2D eigenvalue weighted by Gasteiger charge is -2.32. The Morgan fingerprint density at radius 2 is 2.33 bits per heavy atom. The molecule has 0 amide bonds. The van der Waals surface area contributed by atoms with Gasteiger partial charge in [-0.2, -0.15) is 0 Å². The number of nitrogens with zero attached hydrogens (tertiary/aromatic N) is 1. The summed E-state index contributed by atoms with van der Waals surface area (Å²) in [6, 6.07) is 6.30. The Kier molecular flexibility index (Phi) is 5.03. The molecule has 1 aromatic carbocycles. The minimum Gasteiger partial charge on any atom is -0.496 e. The van der Waals surface area contributed by atoms with E-state index in [1.54, 1.807) is 7.11 Å². The first kappa shape index (κ1) is 13.8. The quantitative estimate of drug-likeness (QED) is 0.929. The van der Waals surface area contributed by atoms with Crippen molar-refractivity contribution in [2.75, 3.05) is 26.7 Å². The maximum Gasteiger partial charge on any atom is 0.133 e. The molecular formula is C14H21BrN2O. The van der Waals surface area contributed by atoms with E-state index in [0.29, 0.717) is 5.92 Å². The number of piperidine rings is 1. The van der Waals surface area contributed by atoms with E-state index in [1.807, 2.05) is 6.07 Å². The summed E-state index contributed by atoms with van der Waals surface area (Å²) in [5.41, 5.74) is 7.09. The minimum absolute atomic E-state index is 0.667. The number of halogens is 1. The predicted octanol–water partition coefficient (Wildman–Crippen LogP) is 2.63. The fourth-order valence-electron chi connectivity index (χ4n) is 2.55. The molecule has 1 aliphatic rings. The summed E-state index contributed by atoms with van der Waals surface area (Å²) >= 11 is 3.53. The number of likely N-dealkylation sites (tertiary alicyclic amines) is 1. The lowest BCUT2D eigenvalue weighted by molar-refractivity contribution is 0.171. The van der Waals surface area contributed by atoms with Gasteiger partial charge in [0.15, 0.2) is 0 Å². The molecule has 1 unspecified atom stereocenters. The molecule has 0 bridgehead atoms. The summed E-state index contributed by atoms with van der Waals surface area (Å²) in [7, 11) is 1.69. The Balaban J connectivity index is 1.98. The number of hydrogen-bond acceptors (Lipinski definition) is 3. The molecule has 1 saturated heterocycles. The zero-order valence-electron chi connectivity index (χ0n) is 10.9. The van der Waals surface area contributed by atoms with Crippen molar-refractivity contribution >= 4 is 15.9 Å². The zero-order chi connectivity index (χ0) is 13.0. The van der Waals surface area contributed by atoms with Crippen molar-refractivity contribution in [2.45, 2.75) is 19.4 Å². The van der Waals surface area contributed by atoms with E-state index in [4.69, 9.17) is 10.5 Å². The molecule has 4 heteroatoms. The second-order valence-electron chi connectivity index (χ2n) is 4.95. The van der Waals surface area contributed by atoms with Crippen LogP contribution in [-0.4, -0.2) is 31.6 Å². The Morgan fingerprint density at radius 3 is 3.00 bits per heavy atom. The van der Waals surface area contributed by atoms with Gasteiger partial charge in [-0.1, -0.05) is 6.07 Å². The van der Waals surface area contributed by atoms with Crippen LogP contribution in [0.1, 0.15) is 18.4 Å². The molecule has 3 nitrogen and oxygen atoms in total. The Morgan fingerprint density at radius 1 is 1.50 bits per heavy atom. The summed E-state index contributed by atoms with van der Waals surface area (Å²) < 4.78 is 6.27. The Hall–Kier alpha value is -0.580. The highest BCUT2D eigenvalue weighted by Gasteiger charge is 2.18. The number of methoxy groups -OCH3 is 1. The molecule has 1 aromatic rings. The largest absolute Gasteiger partial charge is 0.496 e. The number of ether oxygens (including phenoxy) is 1. The van der Waals surface area contributed by atoms with Crippen molar-refractivity contribution in [2.24, 2.45) is 11.7 Å². The second-order valence-corrected chi connectivity index (χ2v) is 5.80. The molecule has 0 spiro atoms. The number of rotatable bonds is 4. The van der Waals surface area contributed by atoms with E-state index >= 15 is 0 Å². The molecule has 100 valence electrons. The lowest BCUT2D eigenvalue weighted by atomic mass is 9.98. The van der Waals surface area contributed by atoms with E-state index < -0.39 is 0 Å². The molecule has 1 fully saturated rings. The smallest absolute Gasteiger partial charge is 0.133 e. The summed E-state index contributed by atoms with van der Waals surface area (Å²) in [6.07, 6.45) is 2.54. The van der Waals surface area contributed by atoms with Crippen LogP contribution in [0.3, 0.4) is 0 Å². The maximum atomic E-state index is 5.77. The van der Waals surface area contributed by atoms with Crippen LogP contribution in [0.25, 0.3) is 0 Å². The number of nitrogens with two attached hydrogens (primary N) is 1. The van der Waals surface area contributed by atoms with Crippen molar-refractivity contribution in [3.8, 4) is 5.75 Å². The highest BCUT2D eigenvalue weighted by Crippen LogP contribution is 2.26. The molecule has 0 saturated carbocycles. The van der Waals surface area contributed by atoms with Crippen molar-refractivity contribution in [3.05, 3.63) is 28.2 Å². The van der Waals surface area contributed by atoms with E-state index in [2.05, 4.69) is 33.0 Å². The molecule has 1 aliphatic heterocycles. The molecule has 0 radical (unpaired) electrons. The van der Waals surface area contributed by atoms with Crippen molar-refractivity contribution in [1.82, 2.24) is 4.90 Å². The van der Waals surface area contributed by atoms with Crippen LogP contribution in [0, 0.1) is 5.92 Å². The van der Waals surface area contributed by atoms with E-state index in [-0.39, 0.29) is 0 Å². The van der Waals surface area contributed by atoms with Gasteiger partial charge >= 0.3 is 0 Å². The molecule has 2 N–H and O–H groups in total. The molecular weight excluding hydrogens is 292 g/mol. The fourth-order valence-corrected chi connectivity index (χ4v) is 3.14. The standard InChI is InChI=1S/C14H21BrN2O/c1-18-14-5-4-11(7-13(14)15)9-17-6-2-3-12(8-16)10-17/h4-5,7,12H,2-3,6,8-10,16H2,1H3. The van der Waals surface area contributed by atoms with Gasteiger partial charge in [0.25, 0.3) is 0 Å². The van der Waals surface area contributed by atoms with Gasteiger partial charge in [0.2, 0.25) is 0 Å². The van der Waals surface area contributed by atoms with Gasteiger partial charge in [-0.3, -0.25) is 4.90 Å². The van der Waals surface area contributed by atoms with Crippen molar-refractivity contribution < 1.29 is 4.74 Å². The first-order valence-corrected chi connectivity index (χ1v) is 7.27. The van der Waals surface area contributed by atoms with E-state index in [1.165, 1.54) is 24.9 Å². The van der Waals surface area contributed by atoms with Gasteiger partial charge in [-0.25, -0.2) is 0 Å². The first-order valence-electron chi connectivity index (χ1n) is 6.47. The maximum absolute atomic E-state index is 5.77. The zero-order valence-corrected chi connectivity index (χ0v) is 12.4. The van der Waals surface area contributed by atoms with Crippen LogP contribution in [-0.2, 0) is 6.54 Å². The van der Waals surface area contributed by atoms with Gasteiger partial charge in [0.05, 0.1) is 11.6 Å². The molecule has 2 rings (SSSR count). The van der Waals surface area contributed by atoms with Gasteiger partial charge in [-0.15, -0.1) is 0 Å². The normalized spacial score (nSPS) is 20.9. The third-order valence-corrected chi connectivity index (χ3v) is 4.18. The average Bonchev–Trinajstić information content (AvgIpc) is 2.39. The van der Waals surface area contributed by atoms with Crippen LogP contribution in [0.4, 0.5) is 0 Å². The third kappa shape index (κ3) is 3.46. The van der Waals surface area contributed by atoms with Crippen LogP contribution in [0.15, 0.2) is 22.7 Å². The summed E-state index contributed by atoms with van der Waals surface area (Å²) in [5, 5.41) is 0. The molecule has 0 aromatic heterocycles. The lowest BCUT2D eigenvalue weighted by Crippen LogP contribution is -2.37. The monoisotopic (exact) mass is 312 g/mol. The fraction of sp³-hybridized carbons (Fsp3) is 0.571. The summed E-state index contributed by atoms with van der Waals surface area (Å²) in [4.78, 5) is 2.50. The second kappa shape index (κ2) is 6.55. The van der Waals surface area contributed by atoms with E-state index in [0.717, 1.165) is 29.9 Å². The Bertz CT molecular complexity index is 397. The van der Waals surface area contributed by atoms with Crippen LogP contribution >= 0.6 is 15.9 Å². The van der Waals surface area contributed by atoms with Crippen LogP contribution in [0.2, 0.25) is 0 Å². The highest BCUT2D eigenvalue weighted by atomic mass is 79.9. The third-order valence-electron chi connectivity index (χ3n) is 3.56. The van der Waals surface area contributed by atoms with E-state index in [9.17, 15) is 0 Å². The highest BCUT2D eigenvalue weighted by molar-refractivity contribution is 9.10. The van der Waals surface area contributed by atoms with Crippen LogP contribution < -0.4 is 10.5 Å². The average molecular weight is 313 g/mol. The van der Waals surface area contributed by atoms with Gasteiger partial charge in [-0.05, 0) is 65.5 Å². The van der Waals surface area contributed by atoms with Gasteiger partial charge in [0, 0.05) is 13.1 Å². The van der Waals surface area contributed by atoms with Gasteiger partial charge < -0.3 is 10.5 Å². The Labute approximate surface area is 117 Å². The molecule has 1 heterocycles. The molecule has 18 heavy (non-hydrogen) atoms. The predicted molar refractivity (Wildman–Crippen MR) is 77.7 cm³/mol. The van der Waals surface area contributed by atoms with Gasteiger partial charge in [0.1, 0.15) is 5.75 Å². The minimum atomic E-state index is 0.667. The number of benzene rings is 1. The molecule has 0 aliphatic carbocycles. The van der Waals surface area contributed by atoms with Crippen molar-refractivity contribution in [1.29, 1.82) is 0 Å². The topological polar surface area (TPSA) is 38.5 Å².